The van der Waals surface area contributed by atoms with E-state index in [-0.39, 0.29) is 31.8 Å². The number of Topliss-reactive ketones (excluding diaryl/α,β-unsaturated/α-hetero) is 1. The maximum Gasteiger partial charge on any atom is 0.313 e. The van der Waals surface area contributed by atoms with Crippen LogP contribution in [0.3, 0.4) is 0 Å². The first-order valence-corrected chi connectivity index (χ1v) is 6.97. The van der Waals surface area contributed by atoms with Gasteiger partial charge in [0.25, 0.3) is 0 Å². The van der Waals surface area contributed by atoms with E-state index in [0.717, 1.165) is 0 Å². The van der Waals surface area contributed by atoms with Gasteiger partial charge in [0, 0.05) is 0 Å². The molecular formula is C16H20O5. The summed E-state index contributed by atoms with van der Waals surface area (Å²) in [5.74, 6) is -2.06. The summed E-state index contributed by atoms with van der Waals surface area (Å²) in [4.78, 5) is 35.4. The molecule has 0 aliphatic heterocycles. The number of rotatable bonds is 8. The number of hydrogen-bond acceptors (Lipinski definition) is 5. The molecule has 0 spiro atoms. The molecule has 0 fully saturated rings. The highest BCUT2D eigenvalue weighted by atomic mass is 16.5. The highest BCUT2D eigenvalue weighted by Gasteiger charge is 2.26. The van der Waals surface area contributed by atoms with Crippen LogP contribution in [-0.4, -0.2) is 30.9 Å². The van der Waals surface area contributed by atoms with Crippen molar-refractivity contribution < 1.29 is 23.9 Å². The molecule has 0 N–H and O–H groups in total. The van der Waals surface area contributed by atoms with E-state index >= 15 is 0 Å². The summed E-state index contributed by atoms with van der Waals surface area (Å²) in [6, 6.07) is 8.90. The molecule has 1 aromatic carbocycles. The number of esters is 2. The van der Waals surface area contributed by atoms with Gasteiger partial charge in [0.1, 0.15) is 6.42 Å². The Labute approximate surface area is 124 Å². The van der Waals surface area contributed by atoms with Crippen molar-refractivity contribution in [3.63, 3.8) is 0 Å². The maximum absolute atomic E-state index is 12.3. The number of benzene rings is 1. The number of ketones is 1. The predicted octanol–water partition coefficient (Wildman–Crippen LogP) is 2.25. The molecule has 0 aliphatic rings. The average Bonchev–Trinajstić information content (AvgIpc) is 2.46. The molecule has 0 aromatic heterocycles. The van der Waals surface area contributed by atoms with Crippen LogP contribution in [0.4, 0.5) is 0 Å². The average molecular weight is 292 g/mol. The molecule has 0 saturated carbocycles. The second-order valence-electron chi connectivity index (χ2n) is 4.42. The van der Waals surface area contributed by atoms with Gasteiger partial charge in [-0.3, -0.25) is 14.4 Å². The third-order valence-electron chi connectivity index (χ3n) is 2.89. The van der Waals surface area contributed by atoms with Crippen molar-refractivity contribution in [2.75, 3.05) is 13.2 Å². The summed E-state index contributed by atoms with van der Waals surface area (Å²) in [7, 11) is 0. The molecule has 0 heterocycles. The largest absolute Gasteiger partial charge is 0.466 e. The van der Waals surface area contributed by atoms with Crippen molar-refractivity contribution in [2.24, 2.45) is 0 Å². The van der Waals surface area contributed by atoms with Gasteiger partial charge >= 0.3 is 11.9 Å². The summed E-state index contributed by atoms with van der Waals surface area (Å²) < 4.78 is 9.66. The zero-order chi connectivity index (χ0) is 15.7. The van der Waals surface area contributed by atoms with E-state index in [4.69, 9.17) is 9.47 Å². The second-order valence-corrected chi connectivity index (χ2v) is 4.42. The number of hydrogen-bond donors (Lipinski definition) is 0. The Kier molecular flexibility index (Phi) is 7.15. The quantitative estimate of drug-likeness (QED) is 0.543. The van der Waals surface area contributed by atoms with Crippen molar-refractivity contribution in [1.82, 2.24) is 0 Å². The first kappa shape index (κ1) is 16.9. The number of ether oxygens (including phenoxy) is 2. The highest BCUT2D eigenvalue weighted by molar-refractivity contribution is 6.00. The van der Waals surface area contributed by atoms with Crippen LogP contribution in [0.25, 0.3) is 0 Å². The highest BCUT2D eigenvalue weighted by Crippen LogP contribution is 2.23. The van der Waals surface area contributed by atoms with E-state index in [1.807, 2.05) is 6.07 Å². The Balaban J connectivity index is 2.83. The molecule has 0 aliphatic carbocycles. The van der Waals surface area contributed by atoms with Crippen LogP contribution in [0.5, 0.6) is 0 Å². The predicted molar refractivity (Wildman–Crippen MR) is 76.7 cm³/mol. The normalized spacial score (nSPS) is 11.5. The van der Waals surface area contributed by atoms with E-state index < -0.39 is 17.9 Å². The molecule has 1 unspecified atom stereocenters. The van der Waals surface area contributed by atoms with Gasteiger partial charge in [-0.2, -0.15) is 0 Å². The lowest BCUT2D eigenvalue weighted by atomic mass is 9.90. The number of carbonyl (C=O) groups excluding carboxylic acids is 3. The van der Waals surface area contributed by atoms with Crippen LogP contribution >= 0.6 is 0 Å². The molecule has 0 radical (unpaired) electrons. The van der Waals surface area contributed by atoms with Crippen molar-refractivity contribution in [1.29, 1.82) is 0 Å². The Morgan fingerprint density at radius 1 is 0.952 bits per heavy atom. The van der Waals surface area contributed by atoms with Crippen LogP contribution in [-0.2, 0) is 23.9 Å². The van der Waals surface area contributed by atoms with Crippen molar-refractivity contribution in [3.8, 4) is 0 Å². The lowest BCUT2D eigenvalue weighted by molar-refractivity contribution is -0.148. The minimum Gasteiger partial charge on any atom is -0.466 e. The van der Waals surface area contributed by atoms with E-state index in [9.17, 15) is 14.4 Å². The second kappa shape index (κ2) is 8.89. The first-order chi connectivity index (χ1) is 10.1. The summed E-state index contributed by atoms with van der Waals surface area (Å²) in [6.07, 6.45) is -0.414. The Bertz CT molecular complexity index is 481. The summed E-state index contributed by atoms with van der Waals surface area (Å²) in [6.45, 7) is 3.86. The minimum atomic E-state index is -0.686. The Morgan fingerprint density at radius 2 is 1.52 bits per heavy atom. The molecular weight excluding hydrogens is 272 g/mol. The van der Waals surface area contributed by atoms with Crippen LogP contribution in [0, 0.1) is 0 Å². The minimum absolute atomic E-state index is 0.0733. The molecule has 114 valence electrons. The van der Waals surface area contributed by atoms with E-state index in [0.29, 0.717) is 5.56 Å². The maximum atomic E-state index is 12.3. The lowest BCUT2D eigenvalue weighted by Crippen LogP contribution is -2.21. The molecule has 1 aromatic rings. The SMILES string of the molecule is CCOC(=O)CC(=O)C(CC(=O)OCC)c1ccccc1. The van der Waals surface area contributed by atoms with Crippen LogP contribution in [0.2, 0.25) is 0 Å². The van der Waals surface area contributed by atoms with E-state index in [1.54, 1.807) is 38.1 Å². The zero-order valence-electron chi connectivity index (χ0n) is 12.3. The fourth-order valence-corrected chi connectivity index (χ4v) is 1.97. The van der Waals surface area contributed by atoms with Crippen molar-refractivity contribution >= 4 is 17.7 Å². The van der Waals surface area contributed by atoms with Gasteiger partial charge < -0.3 is 9.47 Å². The molecule has 5 heteroatoms. The molecule has 0 saturated heterocycles. The summed E-state index contributed by atoms with van der Waals surface area (Å²) >= 11 is 0. The third kappa shape index (κ3) is 5.77. The van der Waals surface area contributed by atoms with Crippen LogP contribution in [0.1, 0.15) is 38.2 Å². The van der Waals surface area contributed by atoms with Gasteiger partial charge in [-0.25, -0.2) is 0 Å². The monoisotopic (exact) mass is 292 g/mol. The van der Waals surface area contributed by atoms with Crippen molar-refractivity contribution in [2.45, 2.75) is 32.6 Å². The topological polar surface area (TPSA) is 69.7 Å². The summed E-state index contributed by atoms with van der Waals surface area (Å²) in [5.41, 5.74) is 0.694. The van der Waals surface area contributed by atoms with Crippen LogP contribution < -0.4 is 0 Å². The zero-order valence-corrected chi connectivity index (χ0v) is 12.3. The Morgan fingerprint density at radius 3 is 2.10 bits per heavy atom. The molecule has 21 heavy (non-hydrogen) atoms. The van der Waals surface area contributed by atoms with Gasteiger partial charge in [0.05, 0.1) is 25.6 Å². The molecule has 1 rings (SSSR count). The van der Waals surface area contributed by atoms with E-state index in [1.165, 1.54) is 0 Å². The molecule has 0 bridgehead atoms. The van der Waals surface area contributed by atoms with Gasteiger partial charge in [0.2, 0.25) is 0 Å². The Hall–Kier alpha value is -2.17. The van der Waals surface area contributed by atoms with Gasteiger partial charge in [-0.15, -0.1) is 0 Å². The fourth-order valence-electron chi connectivity index (χ4n) is 1.97. The van der Waals surface area contributed by atoms with Crippen molar-refractivity contribution in [3.05, 3.63) is 35.9 Å². The van der Waals surface area contributed by atoms with Gasteiger partial charge in [-0.1, -0.05) is 30.3 Å². The standard InChI is InChI=1S/C16H20O5/c1-3-20-15(18)10-13(12-8-6-5-7-9-12)14(17)11-16(19)21-4-2/h5-9,13H,3-4,10-11H2,1-2H3. The van der Waals surface area contributed by atoms with Gasteiger partial charge in [-0.05, 0) is 19.4 Å². The van der Waals surface area contributed by atoms with Gasteiger partial charge in [0.15, 0.2) is 5.78 Å². The lowest BCUT2D eigenvalue weighted by Gasteiger charge is -2.15. The molecule has 0 amide bonds. The first-order valence-electron chi connectivity index (χ1n) is 6.97. The number of carbonyl (C=O) groups is 3. The third-order valence-corrected chi connectivity index (χ3v) is 2.89. The smallest absolute Gasteiger partial charge is 0.313 e. The molecule has 5 nitrogen and oxygen atoms in total. The van der Waals surface area contributed by atoms with Crippen LogP contribution in [0.15, 0.2) is 30.3 Å². The summed E-state index contributed by atoms with van der Waals surface area (Å²) in [5, 5.41) is 0. The molecule has 1 atom stereocenters. The fraction of sp³-hybridized carbons (Fsp3) is 0.438. The van der Waals surface area contributed by atoms with E-state index in [2.05, 4.69) is 0 Å².